The lowest BCUT2D eigenvalue weighted by Gasteiger charge is -2.62. The Morgan fingerprint density at radius 1 is 1.07 bits per heavy atom. The first-order valence-electron chi connectivity index (χ1n) is 11.4. The third-order valence-corrected chi connectivity index (χ3v) is 9.74. The number of aliphatic hydroxyl groups is 1. The predicted molar refractivity (Wildman–Crippen MR) is 108 cm³/mol. The fraction of sp³-hybridized carbons (Fsp3) is 0.917. The van der Waals surface area contributed by atoms with Gasteiger partial charge in [-0.05, 0) is 99.2 Å². The average molecular weight is 391 g/mol. The van der Waals surface area contributed by atoms with Crippen LogP contribution in [0.4, 0.5) is 0 Å². The Hall–Kier alpha value is -0.740. The van der Waals surface area contributed by atoms with E-state index in [1.165, 1.54) is 19.3 Å². The highest BCUT2D eigenvalue weighted by atomic mass is 16.5. The van der Waals surface area contributed by atoms with Gasteiger partial charge in [0.05, 0.1) is 18.6 Å². The van der Waals surface area contributed by atoms with E-state index in [-0.39, 0.29) is 29.0 Å². The van der Waals surface area contributed by atoms with Gasteiger partial charge in [0.1, 0.15) is 12.1 Å². The van der Waals surface area contributed by atoms with Gasteiger partial charge in [0.25, 0.3) is 0 Å². The summed E-state index contributed by atoms with van der Waals surface area (Å²) in [5.41, 5.74) is -0.258. The molecular weight excluding hydrogens is 352 g/mol. The SMILES string of the molecule is COC[C@]12CC[C@@](C)(O)C[C@H]1CC[C@H]1[C@@H]3CC[C@H](C(=O)CC=O)[C@@]3(C)CC[C@@H]12. The highest BCUT2D eigenvalue weighted by Crippen LogP contribution is 2.68. The largest absolute Gasteiger partial charge is 0.390 e. The minimum Gasteiger partial charge on any atom is -0.390 e. The van der Waals surface area contributed by atoms with Crippen LogP contribution in [0.3, 0.4) is 0 Å². The van der Waals surface area contributed by atoms with Crippen LogP contribution in [0, 0.1) is 40.4 Å². The van der Waals surface area contributed by atoms with E-state index in [0.29, 0.717) is 23.7 Å². The van der Waals surface area contributed by atoms with E-state index >= 15 is 0 Å². The van der Waals surface area contributed by atoms with Crippen molar-refractivity contribution in [2.24, 2.45) is 40.4 Å². The van der Waals surface area contributed by atoms with Crippen molar-refractivity contribution in [1.29, 1.82) is 0 Å². The van der Waals surface area contributed by atoms with Crippen molar-refractivity contribution in [1.82, 2.24) is 0 Å². The van der Waals surface area contributed by atoms with Crippen molar-refractivity contribution in [3.05, 3.63) is 0 Å². The van der Waals surface area contributed by atoms with Crippen LogP contribution in [0.1, 0.15) is 78.1 Å². The molecular formula is C24H38O4. The van der Waals surface area contributed by atoms with Crippen LogP contribution >= 0.6 is 0 Å². The Morgan fingerprint density at radius 2 is 1.86 bits per heavy atom. The maximum absolute atomic E-state index is 12.7. The lowest BCUT2D eigenvalue weighted by Crippen LogP contribution is -2.58. The van der Waals surface area contributed by atoms with E-state index in [1.807, 2.05) is 14.0 Å². The molecule has 0 saturated heterocycles. The molecule has 4 rings (SSSR count). The number of methoxy groups -OCH3 is 1. The van der Waals surface area contributed by atoms with E-state index in [0.717, 1.165) is 51.4 Å². The van der Waals surface area contributed by atoms with Gasteiger partial charge in [-0.2, -0.15) is 0 Å². The van der Waals surface area contributed by atoms with Gasteiger partial charge < -0.3 is 14.6 Å². The number of aldehydes is 1. The molecule has 8 atom stereocenters. The Bertz CT molecular complexity index is 628. The summed E-state index contributed by atoms with van der Waals surface area (Å²) in [4.78, 5) is 23.6. The normalized spacial score (nSPS) is 50.4. The number of ketones is 1. The topological polar surface area (TPSA) is 63.6 Å². The zero-order chi connectivity index (χ0) is 20.2. The molecule has 0 aromatic heterocycles. The molecule has 0 heterocycles. The van der Waals surface area contributed by atoms with Crippen molar-refractivity contribution >= 4 is 12.1 Å². The zero-order valence-corrected chi connectivity index (χ0v) is 17.9. The van der Waals surface area contributed by atoms with Gasteiger partial charge in [-0.1, -0.05) is 6.92 Å². The monoisotopic (exact) mass is 390 g/mol. The van der Waals surface area contributed by atoms with Crippen molar-refractivity contribution in [3.8, 4) is 0 Å². The Morgan fingerprint density at radius 3 is 2.57 bits per heavy atom. The second-order valence-electron chi connectivity index (χ2n) is 11.0. The molecule has 28 heavy (non-hydrogen) atoms. The Labute approximate surface area is 169 Å². The highest BCUT2D eigenvalue weighted by molar-refractivity contribution is 5.92. The second-order valence-corrected chi connectivity index (χ2v) is 11.0. The van der Waals surface area contributed by atoms with Gasteiger partial charge in [0.2, 0.25) is 0 Å². The molecule has 0 aromatic rings. The van der Waals surface area contributed by atoms with Gasteiger partial charge >= 0.3 is 0 Å². The van der Waals surface area contributed by atoms with E-state index in [9.17, 15) is 14.7 Å². The summed E-state index contributed by atoms with van der Waals surface area (Å²) in [6, 6.07) is 0. The Balaban J connectivity index is 1.61. The summed E-state index contributed by atoms with van der Waals surface area (Å²) in [6.07, 6.45) is 10.5. The van der Waals surface area contributed by atoms with Crippen molar-refractivity contribution < 1.29 is 19.4 Å². The average Bonchev–Trinajstić information content (AvgIpc) is 2.99. The third kappa shape index (κ3) is 3.01. The fourth-order valence-electron chi connectivity index (χ4n) is 8.54. The molecule has 0 amide bonds. The molecule has 4 heteroatoms. The van der Waals surface area contributed by atoms with Crippen LogP contribution in [-0.4, -0.2) is 36.5 Å². The molecule has 4 fully saturated rings. The van der Waals surface area contributed by atoms with Crippen molar-refractivity contribution in [2.75, 3.05) is 13.7 Å². The molecule has 0 spiro atoms. The van der Waals surface area contributed by atoms with Gasteiger partial charge in [0, 0.05) is 13.0 Å². The van der Waals surface area contributed by atoms with Gasteiger partial charge in [0.15, 0.2) is 0 Å². The van der Waals surface area contributed by atoms with Crippen LogP contribution in [0.2, 0.25) is 0 Å². The smallest absolute Gasteiger partial charge is 0.143 e. The number of fused-ring (bicyclic) bond motifs is 5. The van der Waals surface area contributed by atoms with Crippen molar-refractivity contribution in [3.63, 3.8) is 0 Å². The van der Waals surface area contributed by atoms with E-state index in [2.05, 4.69) is 6.92 Å². The number of Topliss-reactive ketones (excluding diaryl/α,β-unsaturated/α-hetero) is 1. The predicted octanol–water partition coefficient (Wildman–Crippen LogP) is 4.18. The molecule has 4 aliphatic carbocycles. The molecule has 1 N–H and O–H groups in total. The molecule has 4 nitrogen and oxygen atoms in total. The first kappa shape index (κ1) is 20.5. The van der Waals surface area contributed by atoms with Gasteiger partial charge in [-0.3, -0.25) is 4.79 Å². The van der Waals surface area contributed by atoms with Crippen LogP contribution in [-0.2, 0) is 14.3 Å². The summed E-state index contributed by atoms with van der Waals surface area (Å²) < 4.78 is 5.81. The molecule has 0 radical (unpaired) electrons. The zero-order valence-electron chi connectivity index (χ0n) is 17.9. The summed E-state index contributed by atoms with van der Waals surface area (Å²) in [5.74, 6) is 2.72. The van der Waals surface area contributed by atoms with E-state index < -0.39 is 5.60 Å². The number of ether oxygens (including phenoxy) is 1. The summed E-state index contributed by atoms with van der Waals surface area (Å²) in [5, 5.41) is 10.7. The van der Waals surface area contributed by atoms with Crippen LogP contribution in [0.15, 0.2) is 0 Å². The lowest BCUT2D eigenvalue weighted by atomic mass is 9.43. The number of rotatable bonds is 5. The van der Waals surface area contributed by atoms with Crippen molar-refractivity contribution in [2.45, 2.75) is 83.7 Å². The van der Waals surface area contributed by atoms with E-state index in [4.69, 9.17) is 4.74 Å². The second kappa shape index (κ2) is 7.19. The van der Waals surface area contributed by atoms with Crippen LogP contribution in [0.5, 0.6) is 0 Å². The number of carbonyl (C=O) groups excluding carboxylic acids is 2. The van der Waals surface area contributed by atoms with Crippen LogP contribution < -0.4 is 0 Å². The quantitative estimate of drug-likeness (QED) is 0.565. The summed E-state index contributed by atoms with van der Waals surface area (Å²) in [7, 11) is 1.83. The molecule has 0 aromatic carbocycles. The lowest BCUT2D eigenvalue weighted by molar-refractivity contribution is -0.175. The summed E-state index contributed by atoms with van der Waals surface area (Å²) >= 11 is 0. The highest BCUT2D eigenvalue weighted by Gasteiger charge is 2.63. The molecule has 158 valence electrons. The van der Waals surface area contributed by atoms with Gasteiger partial charge in [-0.15, -0.1) is 0 Å². The third-order valence-electron chi connectivity index (χ3n) is 9.74. The molecule has 4 saturated carbocycles. The molecule has 0 aliphatic heterocycles. The number of hydrogen-bond acceptors (Lipinski definition) is 4. The molecule has 0 bridgehead atoms. The standard InChI is InChI=1S/C24H38O4/c1-22(27)11-12-24(15-28-3)16(14-22)4-5-17-18-6-7-20(21(26)9-13-25)23(18,2)10-8-19(17)24/h13,16-20,27H,4-12,14-15H2,1-3H3/t16-,17+,18+,19+,20-,22-,23+,24-/m1/s1. The summed E-state index contributed by atoms with van der Waals surface area (Å²) in [6.45, 7) is 5.16. The van der Waals surface area contributed by atoms with Gasteiger partial charge in [-0.25, -0.2) is 0 Å². The first-order chi connectivity index (χ1) is 13.3. The first-order valence-corrected chi connectivity index (χ1v) is 11.4. The minimum atomic E-state index is -0.530. The number of hydrogen-bond donors (Lipinski definition) is 1. The molecule has 0 unspecified atom stereocenters. The minimum absolute atomic E-state index is 0.0719. The maximum atomic E-state index is 12.7. The Kier molecular flexibility index (Phi) is 5.27. The fourth-order valence-corrected chi connectivity index (χ4v) is 8.54. The maximum Gasteiger partial charge on any atom is 0.143 e. The van der Waals surface area contributed by atoms with Crippen LogP contribution in [0.25, 0.3) is 0 Å². The number of carbonyl (C=O) groups is 2. The molecule has 4 aliphatic rings. The van der Waals surface area contributed by atoms with E-state index in [1.54, 1.807) is 0 Å².